The molecule has 1 heterocycles. The van der Waals surface area contributed by atoms with E-state index in [4.69, 9.17) is 15.0 Å². The molecule has 1 aliphatic carbocycles. The van der Waals surface area contributed by atoms with Crippen molar-refractivity contribution in [2.45, 2.75) is 38.2 Å². The summed E-state index contributed by atoms with van der Waals surface area (Å²) in [7, 11) is 0. The predicted molar refractivity (Wildman–Crippen MR) is 105 cm³/mol. The first-order valence-electron chi connectivity index (χ1n) is 9.26. The van der Waals surface area contributed by atoms with Crippen LogP contribution in [0.3, 0.4) is 0 Å². The third kappa shape index (κ3) is 3.86. The average molecular weight is 376 g/mol. The van der Waals surface area contributed by atoms with Crippen LogP contribution in [-0.2, 0) is 16.1 Å². The van der Waals surface area contributed by atoms with E-state index in [-0.39, 0.29) is 24.4 Å². The van der Waals surface area contributed by atoms with Crippen LogP contribution in [0.5, 0.6) is 0 Å². The summed E-state index contributed by atoms with van der Waals surface area (Å²) in [6.07, 6.45) is 4.02. The van der Waals surface area contributed by atoms with E-state index in [9.17, 15) is 4.79 Å². The van der Waals surface area contributed by atoms with Gasteiger partial charge in [0.1, 0.15) is 6.61 Å². The molecule has 27 heavy (non-hydrogen) atoms. The Morgan fingerprint density at radius 3 is 2.70 bits per heavy atom. The molecule has 1 saturated carbocycles. The summed E-state index contributed by atoms with van der Waals surface area (Å²) < 4.78 is 6.79. The predicted octanol–water partition coefficient (Wildman–Crippen LogP) is 5.19. The van der Waals surface area contributed by atoms with Gasteiger partial charge in [-0.25, -0.2) is 4.98 Å². The standard InChI is InChI=1S/C22H20N2O2S/c23-13-15-9-11-16(12-10-15)14-26-22(25)18-6-2-1-5-17(18)21-24-19-7-3-4-8-20(19)27-21/h3-4,7-12,17-18H,1-2,5-6,14H2/t17-,18-/m1/s1. The first kappa shape index (κ1) is 17.7. The van der Waals surface area contributed by atoms with Gasteiger partial charge in [-0.3, -0.25) is 4.79 Å². The SMILES string of the molecule is N#Cc1ccc(COC(=O)[C@@H]2CCCC[C@H]2c2nc3ccccc3s2)cc1. The fourth-order valence-electron chi connectivity index (χ4n) is 3.69. The molecular formula is C22H20N2O2S. The van der Waals surface area contributed by atoms with Gasteiger partial charge in [-0.2, -0.15) is 5.26 Å². The maximum absolute atomic E-state index is 12.8. The number of hydrogen-bond acceptors (Lipinski definition) is 5. The number of fused-ring (bicyclic) bond motifs is 1. The van der Waals surface area contributed by atoms with Gasteiger partial charge in [-0.15, -0.1) is 11.3 Å². The molecule has 0 amide bonds. The molecule has 5 heteroatoms. The second kappa shape index (κ2) is 7.89. The number of nitriles is 1. The number of aromatic nitrogens is 1. The second-order valence-corrected chi connectivity index (χ2v) is 8.00. The monoisotopic (exact) mass is 376 g/mol. The number of ether oxygens (including phenoxy) is 1. The van der Waals surface area contributed by atoms with Gasteiger partial charge in [0.2, 0.25) is 0 Å². The molecule has 4 rings (SSSR count). The molecule has 0 spiro atoms. The van der Waals surface area contributed by atoms with Crippen LogP contribution >= 0.6 is 11.3 Å². The molecule has 0 bridgehead atoms. The summed E-state index contributed by atoms with van der Waals surface area (Å²) in [4.78, 5) is 17.6. The van der Waals surface area contributed by atoms with E-state index in [1.807, 2.05) is 30.3 Å². The van der Waals surface area contributed by atoms with Gasteiger partial charge in [0.15, 0.2) is 0 Å². The van der Waals surface area contributed by atoms with Crippen molar-refractivity contribution in [3.05, 3.63) is 64.7 Å². The average Bonchev–Trinajstić information content (AvgIpc) is 3.16. The molecule has 2 aromatic carbocycles. The maximum Gasteiger partial charge on any atom is 0.309 e. The molecule has 1 fully saturated rings. The second-order valence-electron chi connectivity index (χ2n) is 6.93. The summed E-state index contributed by atoms with van der Waals surface area (Å²) in [6, 6.07) is 17.4. The minimum atomic E-state index is -0.136. The third-order valence-corrected chi connectivity index (χ3v) is 6.33. The molecule has 0 saturated heterocycles. The Hall–Kier alpha value is -2.71. The van der Waals surface area contributed by atoms with Crippen molar-refractivity contribution in [1.29, 1.82) is 5.26 Å². The van der Waals surface area contributed by atoms with Gasteiger partial charge in [0, 0.05) is 5.92 Å². The van der Waals surface area contributed by atoms with Gasteiger partial charge in [-0.05, 0) is 42.7 Å². The van der Waals surface area contributed by atoms with Gasteiger partial charge < -0.3 is 4.74 Å². The summed E-state index contributed by atoms with van der Waals surface area (Å²) in [5.74, 6) is -0.120. The minimum Gasteiger partial charge on any atom is -0.461 e. The zero-order valence-electron chi connectivity index (χ0n) is 14.9. The third-order valence-electron chi connectivity index (χ3n) is 5.16. The first-order chi connectivity index (χ1) is 13.2. The van der Waals surface area contributed by atoms with E-state index < -0.39 is 0 Å². The van der Waals surface area contributed by atoms with Crippen molar-refractivity contribution in [3.63, 3.8) is 0 Å². The number of nitrogens with zero attached hydrogens (tertiary/aromatic N) is 2. The fraction of sp³-hybridized carbons (Fsp3) is 0.318. The molecule has 0 N–H and O–H groups in total. The van der Waals surface area contributed by atoms with Gasteiger partial charge in [-0.1, -0.05) is 37.1 Å². The highest BCUT2D eigenvalue weighted by Gasteiger charge is 2.35. The van der Waals surface area contributed by atoms with Crippen molar-refractivity contribution in [2.75, 3.05) is 0 Å². The van der Waals surface area contributed by atoms with Crippen LogP contribution in [0.4, 0.5) is 0 Å². The van der Waals surface area contributed by atoms with Gasteiger partial charge in [0.05, 0.1) is 32.8 Å². The Morgan fingerprint density at radius 2 is 1.93 bits per heavy atom. The molecular weight excluding hydrogens is 356 g/mol. The Balaban J connectivity index is 1.47. The molecule has 1 aromatic heterocycles. The fourth-order valence-corrected chi connectivity index (χ4v) is 4.86. The molecule has 4 nitrogen and oxygen atoms in total. The minimum absolute atomic E-state index is 0.127. The number of carbonyl (C=O) groups excluding carboxylic acids is 1. The van der Waals surface area contributed by atoms with Crippen molar-refractivity contribution < 1.29 is 9.53 Å². The molecule has 136 valence electrons. The first-order valence-corrected chi connectivity index (χ1v) is 10.1. The Morgan fingerprint density at radius 1 is 1.15 bits per heavy atom. The topological polar surface area (TPSA) is 63.0 Å². The molecule has 2 atom stereocenters. The van der Waals surface area contributed by atoms with Crippen LogP contribution in [0, 0.1) is 17.2 Å². The molecule has 3 aromatic rings. The van der Waals surface area contributed by atoms with E-state index in [1.54, 1.807) is 23.5 Å². The zero-order chi connectivity index (χ0) is 18.6. The number of hydrogen-bond donors (Lipinski definition) is 0. The van der Waals surface area contributed by atoms with Crippen LogP contribution < -0.4 is 0 Å². The molecule has 0 aliphatic heterocycles. The Kier molecular flexibility index (Phi) is 5.17. The van der Waals surface area contributed by atoms with Crippen LogP contribution in [0.15, 0.2) is 48.5 Å². The lowest BCUT2D eigenvalue weighted by molar-refractivity contribution is -0.151. The lowest BCUT2D eigenvalue weighted by Crippen LogP contribution is -2.27. The smallest absolute Gasteiger partial charge is 0.309 e. The zero-order valence-corrected chi connectivity index (χ0v) is 15.7. The quantitative estimate of drug-likeness (QED) is 0.588. The van der Waals surface area contributed by atoms with Crippen LogP contribution in [0.2, 0.25) is 0 Å². The van der Waals surface area contributed by atoms with Crippen LogP contribution in [0.25, 0.3) is 10.2 Å². The summed E-state index contributed by atoms with van der Waals surface area (Å²) in [5.41, 5.74) is 2.51. The Bertz CT molecular complexity index is 954. The molecule has 0 radical (unpaired) electrons. The largest absolute Gasteiger partial charge is 0.461 e. The van der Waals surface area contributed by atoms with Crippen molar-refractivity contribution in [3.8, 4) is 6.07 Å². The van der Waals surface area contributed by atoms with E-state index in [0.29, 0.717) is 5.56 Å². The van der Waals surface area contributed by atoms with E-state index in [2.05, 4.69) is 12.1 Å². The number of rotatable bonds is 4. The van der Waals surface area contributed by atoms with E-state index in [0.717, 1.165) is 41.8 Å². The highest BCUT2D eigenvalue weighted by atomic mass is 32.1. The van der Waals surface area contributed by atoms with E-state index in [1.165, 1.54) is 4.70 Å². The van der Waals surface area contributed by atoms with Crippen LogP contribution in [0.1, 0.15) is 47.7 Å². The lowest BCUT2D eigenvalue weighted by atomic mass is 9.79. The summed E-state index contributed by atoms with van der Waals surface area (Å²) in [6.45, 7) is 0.244. The number of carbonyl (C=O) groups is 1. The van der Waals surface area contributed by atoms with Gasteiger partial charge in [0.25, 0.3) is 0 Å². The molecule has 0 unspecified atom stereocenters. The van der Waals surface area contributed by atoms with Gasteiger partial charge >= 0.3 is 5.97 Å². The number of para-hydroxylation sites is 1. The number of thiazole rings is 1. The normalized spacial score (nSPS) is 19.5. The highest BCUT2D eigenvalue weighted by molar-refractivity contribution is 7.18. The lowest BCUT2D eigenvalue weighted by Gasteiger charge is -2.28. The number of benzene rings is 2. The van der Waals surface area contributed by atoms with Crippen molar-refractivity contribution >= 4 is 27.5 Å². The maximum atomic E-state index is 12.8. The summed E-state index contributed by atoms with van der Waals surface area (Å²) in [5, 5.41) is 9.92. The molecule has 1 aliphatic rings. The van der Waals surface area contributed by atoms with Crippen molar-refractivity contribution in [1.82, 2.24) is 4.98 Å². The number of esters is 1. The van der Waals surface area contributed by atoms with Crippen LogP contribution in [-0.4, -0.2) is 11.0 Å². The highest BCUT2D eigenvalue weighted by Crippen LogP contribution is 2.41. The van der Waals surface area contributed by atoms with Crippen molar-refractivity contribution in [2.24, 2.45) is 5.92 Å². The Labute approximate surface area is 162 Å². The van der Waals surface area contributed by atoms with E-state index >= 15 is 0 Å². The summed E-state index contributed by atoms with van der Waals surface area (Å²) >= 11 is 1.69.